The Bertz CT molecular complexity index is 1430. The number of nitrogens with zero attached hydrogens (tertiary/aromatic N) is 2. The van der Waals surface area contributed by atoms with Gasteiger partial charge < -0.3 is 4.57 Å². The summed E-state index contributed by atoms with van der Waals surface area (Å²) < 4.78 is 2.36. The molecule has 6 aromatic rings. The molecule has 2 nitrogen and oxygen atoms in total. The van der Waals surface area contributed by atoms with Crippen molar-refractivity contribution in [2.45, 2.75) is 6.92 Å². The van der Waals surface area contributed by atoms with Crippen molar-refractivity contribution in [2.24, 2.45) is 0 Å². The van der Waals surface area contributed by atoms with Crippen LogP contribution in [0.15, 0.2) is 79.0 Å². The number of pyridine rings is 1. The highest BCUT2D eigenvalue weighted by molar-refractivity contribution is 6.33. The van der Waals surface area contributed by atoms with Crippen LogP contribution in [0.25, 0.3) is 49.2 Å². The largest absolute Gasteiger partial charge is 0.309 e. The zero-order chi connectivity index (χ0) is 17.3. The first-order chi connectivity index (χ1) is 12.8. The Morgan fingerprint density at radius 2 is 1.54 bits per heavy atom. The molecule has 4 aromatic carbocycles. The molecule has 2 heterocycles. The van der Waals surface area contributed by atoms with Gasteiger partial charge >= 0.3 is 0 Å². The average molecular weight is 332 g/mol. The maximum Gasteiger partial charge on any atom is 0.0808 e. The van der Waals surface area contributed by atoms with E-state index >= 15 is 0 Å². The lowest BCUT2D eigenvalue weighted by Crippen LogP contribution is -1.92. The quantitative estimate of drug-likeness (QED) is 0.326. The minimum atomic E-state index is 1.10. The molecule has 0 atom stereocenters. The minimum absolute atomic E-state index is 1.10. The molecule has 0 amide bonds. The lowest BCUT2D eigenvalue weighted by molar-refractivity contribution is 1.18. The van der Waals surface area contributed by atoms with Crippen LogP contribution in [0.4, 0.5) is 0 Å². The summed E-state index contributed by atoms with van der Waals surface area (Å²) in [6.07, 6.45) is 1.94. The first-order valence-corrected chi connectivity index (χ1v) is 8.92. The highest BCUT2D eigenvalue weighted by atomic mass is 15.0. The van der Waals surface area contributed by atoms with Gasteiger partial charge in [-0.25, -0.2) is 0 Å². The molecular formula is C24H16N2. The molecule has 26 heavy (non-hydrogen) atoms. The fourth-order valence-corrected chi connectivity index (χ4v) is 4.38. The van der Waals surface area contributed by atoms with Gasteiger partial charge in [0.1, 0.15) is 0 Å². The first kappa shape index (κ1) is 13.9. The lowest BCUT2D eigenvalue weighted by Gasteiger charge is -2.08. The number of aromatic nitrogens is 2. The van der Waals surface area contributed by atoms with Gasteiger partial charge in [-0.3, -0.25) is 4.98 Å². The predicted octanol–water partition coefficient (Wildman–Crippen LogP) is 6.23. The number of aryl methyl sites for hydroxylation is 1. The van der Waals surface area contributed by atoms with Crippen LogP contribution in [-0.4, -0.2) is 9.55 Å². The zero-order valence-corrected chi connectivity index (χ0v) is 14.4. The lowest BCUT2D eigenvalue weighted by atomic mass is 9.96. The molecule has 0 aliphatic carbocycles. The molecular weight excluding hydrogens is 316 g/mol. The fraction of sp³-hybridized carbons (Fsp3) is 0.0417. The number of hydrogen-bond donors (Lipinski definition) is 0. The van der Waals surface area contributed by atoms with Crippen LogP contribution in [0, 0.1) is 6.92 Å². The van der Waals surface area contributed by atoms with Crippen LogP contribution < -0.4 is 0 Å². The Morgan fingerprint density at radius 1 is 0.692 bits per heavy atom. The third-order valence-electron chi connectivity index (χ3n) is 5.44. The standard InChI is InChI=1S/C24H16N2/c1-15-10-11-17-18-8-5-9-20-22(18)23-21(12-13-25-24(23)19(17)14-15)26(20)16-6-3-2-4-7-16/h2-14H,1H3. The molecule has 6 rings (SSSR count). The van der Waals surface area contributed by atoms with E-state index in [1.807, 2.05) is 6.20 Å². The summed E-state index contributed by atoms with van der Waals surface area (Å²) in [5.74, 6) is 0. The zero-order valence-electron chi connectivity index (χ0n) is 14.4. The number of rotatable bonds is 1. The molecule has 0 aliphatic heterocycles. The summed E-state index contributed by atoms with van der Waals surface area (Å²) in [5, 5.41) is 6.39. The summed E-state index contributed by atoms with van der Waals surface area (Å²) in [5.41, 5.74) is 6.00. The number of hydrogen-bond acceptors (Lipinski definition) is 1. The molecule has 0 fully saturated rings. The molecule has 122 valence electrons. The van der Waals surface area contributed by atoms with Crippen LogP contribution in [0.1, 0.15) is 5.56 Å². The molecule has 0 aliphatic rings. The third kappa shape index (κ3) is 1.64. The van der Waals surface area contributed by atoms with Gasteiger partial charge in [-0.1, -0.05) is 48.0 Å². The molecule has 0 radical (unpaired) electrons. The van der Waals surface area contributed by atoms with Gasteiger partial charge in [0, 0.05) is 28.0 Å². The summed E-state index contributed by atoms with van der Waals surface area (Å²) in [6.45, 7) is 2.14. The van der Waals surface area contributed by atoms with Crippen molar-refractivity contribution >= 4 is 43.5 Å². The third-order valence-corrected chi connectivity index (χ3v) is 5.44. The second-order valence-corrected chi connectivity index (χ2v) is 6.97. The van der Waals surface area contributed by atoms with Crippen molar-refractivity contribution in [1.82, 2.24) is 9.55 Å². The summed E-state index contributed by atoms with van der Waals surface area (Å²) >= 11 is 0. The fourth-order valence-electron chi connectivity index (χ4n) is 4.38. The SMILES string of the molecule is Cc1ccc2c(c1)c1nccc3c1c1c2cccc1n3-c1ccccc1. The normalized spacial score (nSPS) is 12.0. The average Bonchev–Trinajstić information content (AvgIpc) is 3.03. The van der Waals surface area contributed by atoms with Crippen LogP contribution in [0.3, 0.4) is 0 Å². The Hall–Kier alpha value is -3.39. The Balaban J connectivity index is 1.98. The molecule has 0 unspecified atom stereocenters. The smallest absolute Gasteiger partial charge is 0.0808 e. The molecule has 0 saturated heterocycles. The first-order valence-electron chi connectivity index (χ1n) is 8.92. The molecule has 0 N–H and O–H groups in total. The Kier molecular flexibility index (Phi) is 2.57. The van der Waals surface area contributed by atoms with E-state index in [9.17, 15) is 0 Å². The van der Waals surface area contributed by atoms with Gasteiger partial charge in [-0.15, -0.1) is 0 Å². The van der Waals surface area contributed by atoms with Crippen molar-refractivity contribution < 1.29 is 0 Å². The van der Waals surface area contributed by atoms with Gasteiger partial charge in [0.05, 0.1) is 16.6 Å². The van der Waals surface area contributed by atoms with Crippen LogP contribution in [-0.2, 0) is 0 Å². The van der Waals surface area contributed by atoms with Crippen molar-refractivity contribution in [3.63, 3.8) is 0 Å². The molecule has 0 spiro atoms. The van der Waals surface area contributed by atoms with Gasteiger partial charge in [-0.05, 0) is 48.0 Å². The molecule has 0 saturated carbocycles. The highest BCUT2D eigenvalue weighted by Crippen LogP contribution is 2.42. The van der Waals surface area contributed by atoms with Crippen LogP contribution in [0.5, 0.6) is 0 Å². The van der Waals surface area contributed by atoms with E-state index in [1.165, 1.54) is 49.2 Å². The van der Waals surface area contributed by atoms with Gasteiger partial charge in [0.25, 0.3) is 0 Å². The Morgan fingerprint density at radius 3 is 2.42 bits per heavy atom. The van der Waals surface area contributed by atoms with E-state index < -0.39 is 0 Å². The summed E-state index contributed by atoms with van der Waals surface area (Å²) in [4.78, 5) is 4.80. The van der Waals surface area contributed by atoms with Crippen LogP contribution >= 0.6 is 0 Å². The second-order valence-electron chi connectivity index (χ2n) is 6.97. The van der Waals surface area contributed by atoms with E-state index in [0.717, 1.165) is 5.52 Å². The summed E-state index contributed by atoms with van der Waals surface area (Å²) in [6, 6.07) is 26.0. The summed E-state index contributed by atoms with van der Waals surface area (Å²) in [7, 11) is 0. The molecule has 2 heteroatoms. The second kappa shape index (κ2) is 4.83. The maximum absolute atomic E-state index is 4.80. The van der Waals surface area contributed by atoms with Crippen molar-refractivity contribution in [1.29, 1.82) is 0 Å². The van der Waals surface area contributed by atoms with Crippen molar-refractivity contribution in [3.8, 4) is 5.69 Å². The van der Waals surface area contributed by atoms with E-state index in [4.69, 9.17) is 4.98 Å². The van der Waals surface area contributed by atoms with Crippen molar-refractivity contribution in [3.05, 3.63) is 84.6 Å². The minimum Gasteiger partial charge on any atom is -0.309 e. The number of para-hydroxylation sites is 1. The van der Waals surface area contributed by atoms with Gasteiger partial charge in [0.2, 0.25) is 0 Å². The number of fused-ring (bicyclic) bond motifs is 3. The van der Waals surface area contributed by atoms with E-state index in [2.05, 4.69) is 84.3 Å². The monoisotopic (exact) mass is 332 g/mol. The molecule has 2 aromatic heterocycles. The van der Waals surface area contributed by atoms with Gasteiger partial charge in [0.15, 0.2) is 0 Å². The van der Waals surface area contributed by atoms with Gasteiger partial charge in [-0.2, -0.15) is 0 Å². The van der Waals surface area contributed by atoms with E-state index in [-0.39, 0.29) is 0 Å². The van der Waals surface area contributed by atoms with Crippen LogP contribution in [0.2, 0.25) is 0 Å². The van der Waals surface area contributed by atoms with E-state index in [1.54, 1.807) is 0 Å². The van der Waals surface area contributed by atoms with E-state index in [0.29, 0.717) is 0 Å². The maximum atomic E-state index is 4.80. The molecule has 0 bridgehead atoms. The predicted molar refractivity (Wildman–Crippen MR) is 110 cm³/mol. The topological polar surface area (TPSA) is 17.8 Å². The Labute approximate surface area is 150 Å². The highest BCUT2D eigenvalue weighted by Gasteiger charge is 2.19. The number of benzene rings is 4. The van der Waals surface area contributed by atoms with Crippen molar-refractivity contribution in [2.75, 3.05) is 0 Å².